The molecule has 110 valence electrons. The number of carboxylic acid groups (broad SMARTS) is 1. The van der Waals surface area contributed by atoms with Crippen molar-refractivity contribution in [2.24, 2.45) is 0 Å². The van der Waals surface area contributed by atoms with E-state index in [1.807, 2.05) is 37.3 Å². The summed E-state index contributed by atoms with van der Waals surface area (Å²) < 4.78 is 5.08. The molecule has 6 heteroatoms. The normalized spacial score (nSPS) is 11.9. The van der Waals surface area contributed by atoms with E-state index in [2.05, 4.69) is 10.3 Å². The number of nitrogens with one attached hydrogen (secondary N) is 1. The minimum absolute atomic E-state index is 0.136. The fraction of sp³-hybridized carbons (Fsp3) is 0.267. The second-order valence-electron chi connectivity index (χ2n) is 4.53. The van der Waals surface area contributed by atoms with Gasteiger partial charge >= 0.3 is 5.97 Å². The number of aliphatic carboxylic acids is 1. The largest absolute Gasteiger partial charge is 0.480 e. The molecular formula is C15H16N2O4. The second kappa shape index (κ2) is 6.69. The summed E-state index contributed by atoms with van der Waals surface area (Å²) in [5.74, 6) is -1.19. The Morgan fingerprint density at radius 1 is 1.33 bits per heavy atom. The number of nitrogens with zero attached hydrogens (tertiary/aromatic N) is 1. The molecule has 1 aromatic carbocycles. The van der Waals surface area contributed by atoms with Crippen molar-refractivity contribution in [3.63, 3.8) is 0 Å². The molecule has 1 atom stereocenters. The molecule has 1 amide bonds. The van der Waals surface area contributed by atoms with Crippen molar-refractivity contribution < 1.29 is 19.1 Å². The first kappa shape index (κ1) is 14.8. The monoisotopic (exact) mass is 288 g/mol. The van der Waals surface area contributed by atoms with Crippen LogP contribution < -0.4 is 5.32 Å². The minimum atomic E-state index is -1.09. The molecule has 0 bridgehead atoms. The van der Waals surface area contributed by atoms with Crippen LogP contribution in [0, 0.1) is 0 Å². The zero-order valence-electron chi connectivity index (χ0n) is 11.6. The summed E-state index contributed by atoms with van der Waals surface area (Å²) >= 11 is 0. The molecule has 0 aliphatic carbocycles. The van der Waals surface area contributed by atoms with Gasteiger partial charge in [-0.2, -0.15) is 0 Å². The number of benzene rings is 1. The van der Waals surface area contributed by atoms with Crippen LogP contribution in [-0.4, -0.2) is 28.0 Å². The summed E-state index contributed by atoms with van der Waals surface area (Å²) in [6.45, 7) is 1.83. The predicted octanol–water partition coefficient (Wildman–Crippen LogP) is 1.66. The van der Waals surface area contributed by atoms with Crippen LogP contribution in [0.2, 0.25) is 0 Å². The van der Waals surface area contributed by atoms with Crippen LogP contribution in [-0.2, 0) is 17.6 Å². The van der Waals surface area contributed by atoms with Crippen LogP contribution in [0.4, 0.5) is 0 Å². The summed E-state index contributed by atoms with van der Waals surface area (Å²) in [7, 11) is 0. The number of hydrogen-bond acceptors (Lipinski definition) is 4. The highest BCUT2D eigenvalue weighted by Gasteiger charge is 2.24. The van der Waals surface area contributed by atoms with Gasteiger partial charge in [-0.25, -0.2) is 9.78 Å². The Bertz CT molecular complexity index is 622. The van der Waals surface area contributed by atoms with Crippen LogP contribution in [0.15, 0.2) is 41.1 Å². The highest BCUT2D eigenvalue weighted by molar-refractivity contribution is 5.95. The standard InChI is InChI=1S/C15H16N2O4/c1-2-12-13(16-9-21-12)14(18)17-11(15(19)20)8-10-6-4-3-5-7-10/h3-7,9,11H,2,8H2,1H3,(H,17,18)(H,19,20). The van der Waals surface area contributed by atoms with Crippen LogP contribution in [0.5, 0.6) is 0 Å². The summed E-state index contributed by atoms with van der Waals surface area (Å²) in [6.07, 6.45) is 1.90. The molecule has 2 rings (SSSR count). The number of amides is 1. The van der Waals surface area contributed by atoms with Gasteiger partial charge in [0.1, 0.15) is 11.8 Å². The van der Waals surface area contributed by atoms with Gasteiger partial charge in [0, 0.05) is 12.8 Å². The van der Waals surface area contributed by atoms with Gasteiger partial charge in [-0.05, 0) is 5.56 Å². The summed E-state index contributed by atoms with van der Waals surface area (Å²) in [4.78, 5) is 27.2. The van der Waals surface area contributed by atoms with Crippen LogP contribution in [0.25, 0.3) is 0 Å². The van der Waals surface area contributed by atoms with Crippen molar-refractivity contribution in [3.05, 3.63) is 53.7 Å². The van der Waals surface area contributed by atoms with Gasteiger partial charge < -0.3 is 14.8 Å². The van der Waals surface area contributed by atoms with Gasteiger partial charge in [0.25, 0.3) is 5.91 Å². The Labute approximate surface area is 121 Å². The molecule has 21 heavy (non-hydrogen) atoms. The first-order valence-electron chi connectivity index (χ1n) is 6.61. The maximum absolute atomic E-state index is 12.1. The second-order valence-corrected chi connectivity index (χ2v) is 4.53. The molecular weight excluding hydrogens is 272 g/mol. The molecule has 0 spiro atoms. The third kappa shape index (κ3) is 3.68. The zero-order chi connectivity index (χ0) is 15.2. The molecule has 0 fully saturated rings. The van der Waals surface area contributed by atoms with Crippen LogP contribution in [0.1, 0.15) is 28.7 Å². The number of oxazole rings is 1. The molecule has 0 aliphatic rings. The maximum Gasteiger partial charge on any atom is 0.326 e. The third-order valence-corrected chi connectivity index (χ3v) is 3.06. The van der Waals surface area contributed by atoms with E-state index < -0.39 is 17.9 Å². The van der Waals surface area contributed by atoms with Gasteiger partial charge in [-0.15, -0.1) is 0 Å². The van der Waals surface area contributed by atoms with Gasteiger partial charge in [0.2, 0.25) is 0 Å². The molecule has 0 radical (unpaired) electrons. The minimum Gasteiger partial charge on any atom is -0.480 e. The van der Waals surface area contributed by atoms with E-state index >= 15 is 0 Å². The number of carbonyl (C=O) groups is 2. The molecule has 1 aromatic heterocycles. The van der Waals surface area contributed by atoms with E-state index in [0.717, 1.165) is 5.56 Å². The van der Waals surface area contributed by atoms with E-state index in [1.54, 1.807) is 0 Å². The number of carbonyl (C=O) groups excluding carboxylic acids is 1. The fourth-order valence-corrected chi connectivity index (χ4v) is 1.98. The Morgan fingerprint density at radius 2 is 2.05 bits per heavy atom. The molecule has 2 aromatic rings. The Kier molecular flexibility index (Phi) is 4.71. The molecule has 1 heterocycles. The lowest BCUT2D eigenvalue weighted by Gasteiger charge is -2.14. The van der Waals surface area contributed by atoms with Crippen molar-refractivity contribution in [1.29, 1.82) is 0 Å². The van der Waals surface area contributed by atoms with Crippen molar-refractivity contribution >= 4 is 11.9 Å². The Morgan fingerprint density at radius 3 is 2.67 bits per heavy atom. The molecule has 2 N–H and O–H groups in total. The number of carboxylic acids is 1. The molecule has 1 unspecified atom stereocenters. The molecule has 6 nitrogen and oxygen atoms in total. The van der Waals surface area contributed by atoms with Crippen molar-refractivity contribution in [2.45, 2.75) is 25.8 Å². The highest BCUT2D eigenvalue weighted by atomic mass is 16.4. The predicted molar refractivity (Wildman–Crippen MR) is 74.9 cm³/mol. The van der Waals surface area contributed by atoms with Crippen molar-refractivity contribution in [3.8, 4) is 0 Å². The zero-order valence-corrected chi connectivity index (χ0v) is 11.6. The quantitative estimate of drug-likeness (QED) is 0.843. The lowest BCUT2D eigenvalue weighted by molar-refractivity contribution is -0.139. The van der Waals surface area contributed by atoms with E-state index in [-0.39, 0.29) is 12.1 Å². The molecule has 0 saturated heterocycles. The van der Waals surface area contributed by atoms with Crippen LogP contribution in [0.3, 0.4) is 0 Å². The third-order valence-electron chi connectivity index (χ3n) is 3.06. The smallest absolute Gasteiger partial charge is 0.326 e. The molecule has 0 aliphatic heterocycles. The number of hydrogen-bond donors (Lipinski definition) is 2. The lowest BCUT2D eigenvalue weighted by Crippen LogP contribution is -2.42. The first-order valence-corrected chi connectivity index (χ1v) is 6.61. The first-order chi connectivity index (χ1) is 10.1. The van der Waals surface area contributed by atoms with Gasteiger partial charge in [-0.3, -0.25) is 4.79 Å². The van der Waals surface area contributed by atoms with E-state index in [4.69, 9.17) is 4.42 Å². The highest BCUT2D eigenvalue weighted by Crippen LogP contribution is 2.09. The summed E-state index contributed by atoms with van der Waals surface area (Å²) in [5, 5.41) is 11.7. The van der Waals surface area contributed by atoms with Crippen LogP contribution >= 0.6 is 0 Å². The molecule has 0 saturated carbocycles. The average Bonchev–Trinajstić information content (AvgIpc) is 2.96. The lowest BCUT2D eigenvalue weighted by atomic mass is 10.1. The summed E-state index contributed by atoms with van der Waals surface area (Å²) in [6, 6.07) is 8.11. The van der Waals surface area contributed by atoms with Gasteiger partial charge in [0.15, 0.2) is 12.1 Å². The summed E-state index contributed by atoms with van der Waals surface area (Å²) in [5.41, 5.74) is 0.970. The Balaban J connectivity index is 2.10. The van der Waals surface area contributed by atoms with Crippen molar-refractivity contribution in [1.82, 2.24) is 10.3 Å². The Hall–Kier alpha value is -2.63. The van der Waals surface area contributed by atoms with Gasteiger partial charge in [-0.1, -0.05) is 37.3 Å². The maximum atomic E-state index is 12.1. The number of aromatic nitrogens is 1. The number of rotatable bonds is 6. The topological polar surface area (TPSA) is 92.4 Å². The number of aryl methyl sites for hydroxylation is 1. The van der Waals surface area contributed by atoms with Gasteiger partial charge in [0.05, 0.1) is 0 Å². The average molecular weight is 288 g/mol. The van der Waals surface area contributed by atoms with E-state index in [1.165, 1.54) is 6.39 Å². The van der Waals surface area contributed by atoms with E-state index in [0.29, 0.717) is 12.2 Å². The van der Waals surface area contributed by atoms with Crippen molar-refractivity contribution in [2.75, 3.05) is 0 Å². The SMILES string of the molecule is CCc1ocnc1C(=O)NC(Cc1ccccc1)C(=O)O. The fourth-order valence-electron chi connectivity index (χ4n) is 1.98. The van der Waals surface area contributed by atoms with E-state index in [9.17, 15) is 14.7 Å².